The molecule has 1 aliphatic rings. The predicted octanol–water partition coefficient (Wildman–Crippen LogP) is 3.24. The molecule has 2 aromatic carbocycles. The van der Waals surface area contributed by atoms with E-state index in [2.05, 4.69) is 25.4 Å². The molecule has 2 aromatic heterocycles. The van der Waals surface area contributed by atoms with Gasteiger partial charge in [0.2, 0.25) is 0 Å². The lowest BCUT2D eigenvalue weighted by Gasteiger charge is -2.36. The molecule has 0 unspecified atom stereocenters. The second-order valence-electron chi connectivity index (χ2n) is 9.60. The van der Waals surface area contributed by atoms with Crippen molar-refractivity contribution < 1.29 is 14.3 Å². The number of likely N-dealkylation sites (tertiary alicyclic amines) is 1. The third-order valence-corrected chi connectivity index (χ3v) is 7.22. The fourth-order valence-corrected chi connectivity index (χ4v) is 5.18. The zero-order valence-corrected chi connectivity index (χ0v) is 21.9. The molecule has 0 amide bonds. The van der Waals surface area contributed by atoms with Gasteiger partial charge in [0.25, 0.3) is 5.56 Å². The summed E-state index contributed by atoms with van der Waals surface area (Å²) in [6.45, 7) is 5.81. The Labute approximate surface area is 220 Å². The molecule has 0 radical (unpaired) electrons. The number of tetrazole rings is 1. The first-order valence-electron chi connectivity index (χ1n) is 12.9. The van der Waals surface area contributed by atoms with Crippen molar-refractivity contribution in [1.82, 2.24) is 30.1 Å². The minimum Gasteiger partial charge on any atom is -0.497 e. The summed E-state index contributed by atoms with van der Waals surface area (Å²) in [5.41, 5.74) is 3.22. The Morgan fingerprint density at radius 1 is 1.16 bits per heavy atom. The van der Waals surface area contributed by atoms with Crippen LogP contribution in [-0.2, 0) is 16.1 Å². The Morgan fingerprint density at radius 3 is 2.63 bits per heavy atom. The molecule has 198 valence electrons. The van der Waals surface area contributed by atoms with Gasteiger partial charge in [-0.2, -0.15) is 0 Å². The number of ether oxygens (including phenoxy) is 2. The molecule has 0 bridgehead atoms. The number of esters is 1. The molecular formula is C28H32N6O4. The molecule has 3 heterocycles. The molecule has 4 aromatic rings. The van der Waals surface area contributed by atoms with Crippen molar-refractivity contribution in [1.29, 1.82) is 0 Å². The highest BCUT2D eigenvalue weighted by Crippen LogP contribution is 2.32. The summed E-state index contributed by atoms with van der Waals surface area (Å²) in [6, 6.07) is 15.1. The van der Waals surface area contributed by atoms with Crippen molar-refractivity contribution in [2.24, 2.45) is 5.92 Å². The van der Waals surface area contributed by atoms with E-state index in [1.165, 1.54) is 0 Å². The van der Waals surface area contributed by atoms with E-state index < -0.39 is 6.04 Å². The van der Waals surface area contributed by atoms with Crippen LogP contribution in [0.15, 0.2) is 53.3 Å². The Bertz CT molecular complexity index is 1470. The normalized spacial score (nSPS) is 15.4. The van der Waals surface area contributed by atoms with Gasteiger partial charge < -0.3 is 14.5 Å². The molecule has 0 spiro atoms. The fraction of sp³-hybridized carbons (Fsp3) is 0.393. The number of aromatic amines is 1. The Hall–Kier alpha value is -4.05. The number of nitrogens with one attached hydrogen (secondary N) is 1. The molecule has 1 saturated heterocycles. The molecule has 10 heteroatoms. The number of H-pyrrole nitrogens is 1. The monoisotopic (exact) mass is 516 g/mol. The third-order valence-electron chi connectivity index (χ3n) is 7.22. The summed E-state index contributed by atoms with van der Waals surface area (Å²) in [6.07, 6.45) is 1.28. The summed E-state index contributed by atoms with van der Waals surface area (Å²) in [4.78, 5) is 31.2. The van der Waals surface area contributed by atoms with E-state index in [0.29, 0.717) is 50.5 Å². The standard InChI is InChI=1S/C28H32N6O4/c1-4-38-28(36)20-12-14-33(15-13-20)25(23-16-21-7-5-6-18(2)24(21)29-27(23)35)26-30-31-32-34(26)17-19-8-10-22(37-3)11-9-19/h5-11,16,20,25H,4,12-15,17H2,1-3H3,(H,29,35)/t25-/m0/s1. The van der Waals surface area contributed by atoms with Gasteiger partial charge in [0, 0.05) is 18.7 Å². The van der Waals surface area contributed by atoms with Crippen LogP contribution >= 0.6 is 0 Å². The van der Waals surface area contributed by atoms with E-state index in [9.17, 15) is 9.59 Å². The molecule has 1 atom stereocenters. The van der Waals surface area contributed by atoms with Gasteiger partial charge in [-0.05, 0) is 71.8 Å². The lowest BCUT2D eigenvalue weighted by Crippen LogP contribution is -2.42. The number of rotatable bonds is 8. The number of nitrogens with zero attached hydrogens (tertiary/aromatic N) is 5. The van der Waals surface area contributed by atoms with Gasteiger partial charge in [-0.1, -0.05) is 30.3 Å². The van der Waals surface area contributed by atoms with Crippen LogP contribution in [0.3, 0.4) is 0 Å². The highest BCUT2D eigenvalue weighted by molar-refractivity contribution is 5.82. The number of pyridine rings is 1. The van der Waals surface area contributed by atoms with Crippen LogP contribution in [0.25, 0.3) is 10.9 Å². The number of carbonyl (C=O) groups excluding carboxylic acids is 1. The summed E-state index contributed by atoms with van der Waals surface area (Å²) in [7, 11) is 1.63. The topological polar surface area (TPSA) is 115 Å². The number of aromatic nitrogens is 5. The maximum atomic E-state index is 13.5. The quantitative estimate of drug-likeness (QED) is 0.355. The Kier molecular flexibility index (Phi) is 7.50. The number of hydrogen-bond donors (Lipinski definition) is 1. The molecule has 1 aliphatic heterocycles. The summed E-state index contributed by atoms with van der Waals surface area (Å²) >= 11 is 0. The molecule has 0 saturated carbocycles. The molecule has 10 nitrogen and oxygen atoms in total. The van der Waals surface area contributed by atoms with E-state index in [1.807, 2.05) is 62.4 Å². The fourth-order valence-electron chi connectivity index (χ4n) is 5.18. The zero-order valence-electron chi connectivity index (χ0n) is 21.9. The van der Waals surface area contributed by atoms with Gasteiger partial charge in [-0.3, -0.25) is 14.5 Å². The first kappa shape index (κ1) is 25.6. The number of piperidine rings is 1. The maximum Gasteiger partial charge on any atom is 0.309 e. The summed E-state index contributed by atoms with van der Waals surface area (Å²) < 4.78 is 12.3. The van der Waals surface area contributed by atoms with Gasteiger partial charge in [-0.15, -0.1) is 5.10 Å². The third kappa shape index (κ3) is 5.17. The van der Waals surface area contributed by atoms with E-state index >= 15 is 0 Å². The van der Waals surface area contributed by atoms with Gasteiger partial charge in [-0.25, -0.2) is 4.68 Å². The van der Waals surface area contributed by atoms with Crippen molar-refractivity contribution in [2.75, 3.05) is 26.8 Å². The summed E-state index contributed by atoms with van der Waals surface area (Å²) in [5, 5.41) is 13.6. The predicted molar refractivity (Wildman–Crippen MR) is 142 cm³/mol. The second kappa shape index (κ2) is 11.1. The van der Waals surface area contributed by atoms with Gasteiger partial charge >= 0.3 is 5.97 Å². The average molecular weight is 517 g/mol. The van der Waals surface area contributed by atoms with E-state index in [1.54, 1.807) is 11.8 Å². The van der Waals surface area contributed by atoms with Crippen LogP contribution < -0.4 is 10.3 Å². The molecule has 38 heavy (non-hydrogen) atoms. The largest absolute Gasteiger partial charge is 0.497 e. The van der Waals surface area contributed by atoms with Crippen LogP contribution in [0.5, 0.6) is 5.75 Å². The number of hydrogen-bond acceptors (Lipinski definition) is 8. The van der Waals surface area contributed by atoms with E-state index in [0.717, 1.165) is 27.8 Å². The first-order valence-corrected chi connectivity index (χ1v) is 12.9. The number of methoxy groups -OCH3 is 1. The van der Waals surface area contributed by atoms with Crippen LogP contribution in [0, 0.1) is 12.8 Å². The van der Waals surface area contributed by atoms with Gasteiger partial charge in [0.1, 0.15) is 11.8 Å². The maximum absolute atomic E-state index is 13.5. The number of benzene rings is 2. The average Bonchev–Trinajstić information content (AvgIpc) is 3.38. The van der Waals surface area contributed by atoms with Crippen LogP contribution in [-0.4, -0.2) is 62.9 Å². The van der Waals surface area contributed by atoms with E-state index in [-0.39, 0.29) is 17.4 Å². The van der Waals surface area contributed by atoms with Crippen molar-refractivity contribution in [3.05, 3.63) is 81.4 Å². The Morgan fingerprint density at radius 2 is 1.92 bits per heavy atom. The SMILES string of the molecule is CCOC(=O)C1CCN([C@@H](c2cc3cccc(C)c3[nH]c2=O)c2nnnn2Cc2ccc(OC)cc2)CC1. The number of para-hydroxylation sites is 1. The smallest absolute Gasteiger partial charge is 0.309 e. The molecule has 1 N–H and O–H groups in total. The van der Waals surface area contributed by atoms with Crippen molar-refractivity contribution in [3.63, 3.8) is 0 Å². The highest BCUT2D eigenvalue weighted by atomic mass is 16.5. The lowest BCUT2D eigenvalue weighted by atomic mass is 9.93. The molecular weight excluding hydrogens is 484 g/mol. The van der Waals surface area contributed by atoms with Crippen molar-refractivity contribution in [3.8, 4) is 5.75 Å². The minimum atomic E-state index is -0.486. The lowest BCUT2D eigenvalue weighted by molar-refractivity contribution is -0.149. The number of carbonyl (C=O) groups is 1. The van der Waals surface area contributed by atoms with E-state index in [4.69, 9.17) is 9.47 Å². The van der Waals surface area contributed by atoms with Crippen LogP contribution in [0.1, 0.15) is 48.3 Å². The highest BCUT2D eigenvalue weighted by Gasteiger charge is 2.35. The molecule has 1 fully saturated rings. The minimum absolute atomic E-state index is 0.153. The molecule has 5 rings (SSSR count). The van der Waals surface area contributed by atoms with Gasteiger partial charge in [0.05, 0.1) is 31.7 Å². The molecule has 0 aliphatic carbocycles. The number of fused-ring (bicyclic) bond motifs is 1. The summed E-state index contributed by atoms with van der Waals surface area (Å²) in [5.74, 6) is 1.03. The van der Waals surface area contributed by atoms with Crippen molar-refractivity contribution >= 4 is 16.9 Å². The van der Waals surface area contributed by atoms with Crippen molar-refractivity contribution in [2.45, 2.75) is 39.3 Å². The zero-order chi connectivity index (χ0) is 26.6. The van der Waals surface area contributed by atoms with Crippen LogP contribution in [0.2, 0.25) is 0 Å². The Balaban J connectivity index is 1.53. The number of aryl methyl sites for hydroxylation is 1. The first-order chi connectivity index (χ1) is 18.5. The van der Waals surface area contributed by atoms with Gasteiger partial charge in [0.15, 0.2) is 5.82 Å². The second-order valence-corrected chi connectivity index (χ2v) is 9.60. The van der Waals surface area contributed by atoms with Crippen LogP contribution in [0.4, 0.5) is 0 Å².